The molecule has 0 amide bonds. The molecule has 0 aliphatic rings. The summed E-state index contributed by atoms with van der Waals surface area (Å²) in [5.41, 5.74) is 0.468. The van der Waals surface area contributed by atoms with Gasteiger partial charge in [-0.2, -0.15) is 0 Å². The van der Waals surface area contributed by atoms with Crippen molar-refractivity contribution in [1.29, 1.82) is 0 Å². The fourth-order valence-electron chi connectivity index (χ4n) is 1.32. The van der Waals surface area contributed by atoms with E-state index in [1.54, 1.807) is 12.1 Å². The quantitative estimate of drug-likeness (QED) is 0.487. The Labute approximate surface area is 114 Å². The second kappa shape index (κ2) is 5.63. The Hall–Kier alpha value is -0.890. The van der Waals surface area contributed by atoms with Crippen molar-refractivity contribution in [1.82, 2.24) is 0 Å². The molecule has 0 fully saturated rings. The summed E-state index contributed by atoms with van der Waals surface area (Å²) in [6.07, 6.45) is 0.761. The van der Waals surface area contributed by atoms with Crippen molar-refractivity contribution in [3.05, 3.63) is 31.9 Å². The Kier molecular flexibility index (Phi) is 4.70. The summed E-state index contributed by atoms with van der Waals surface area (Å²) in [7, 11) is 0. The number of hydrogen-bond acceptors (Lipinski definition) is 4. The molecule has 0 aliphatic carbocycles. The number of aliphatic hydroxyl groups excluding tert-OH is 1. The van der Waals surface area contributed by atoms with Crippen LogP contribution in [-0.2, 0) is 0 Å². The van der Waals surface area contributed by atoms with E-state index in [0.29, 0.717) is 3.57 Å². The molecular weight excluding hydrogens is 335 g/mol. The molecular formula is C11H15IN2O3. The van der Waals surface area contributed by atoms with Crippen LogP contribution >= 0.6 is 22.6 Å². The van der Waals surface area contributed by atoms with Crippen molar-refractivity contribution in [3.8, 4) is 0 Å². The van der Waals surface area contributed by atoms with E-state index in [4.69, 9.17) is 0 Å². The molecule has 0 bridgehead atoms. The van der Waals surface area contributed by atoms with Crippen LogP contribution in [0, 0.1) is 13.7 Å². The number of benzene rings is 1. The first kappa shape index (κ1) is 14.2. The molecule has 5 nitrogen and oxygen atoms in total. The molecule has 0 saturated carbocycles. The summed E-state index contributed by atoms with van der Waals surface area (Å²) in [5, 5.41) is 23.1. The molecule has 1 aromatic carbocycles. The summed E-state index contributed by atoms with van der Waals surface area (Å²) in [6.45, 7) is 3.89. The molecule has 0 radical (unpaired) electrons. The van der Waals surface area contributed by atoms with Crippen molar-refractivity contribution in [2.75, 3.05) is 11.9 Å². The number of hydrogen-bond donors (Lipinski definition) is 2. The monoisotopic (exact) mass is 350 g/mol. The number of aliphatic hydroxyl groups is 1. The predicted octanol–water partition coefficient (Wildman–Crippen LogP) is 2.77. The van der Waals surface area contributed by atoms with Gasteiger partial charge in [-0.15, -0.1) is 0 Å². The summed E-state index contributed by atoms with van der Waals surface area (Å²) in [6, 6.07) is 4.84. The van der Waals surface area contributed by atoms with Crippen molar-refractivity contribution in [2.24, 2.45) is 0 Å². The molecule has 0 spiro atoms. The van der Waals surface area contributed by atoms with Crippen LogP contribution in [0.5, 0.6) is 0 Å². The van der Waals surface area contributed by atoms with Gasteiger partial charge in [0.15, 0.2) is 0 Å². The lowest BCUT2D eigenvalue weighted by Gasteiger charge is -2.28. The Morgan fingerprint density at radius 1 is 1.59 bits per heavy atom. The first-order valence-corrected chi connectivity index (χ1v) is 6.32. The van der Waals surface area contributed by atoms with Crippen LogP contribution in [0.3, 0.4) is 0 Å². The third-order valence-electron chi connectivity index (χ3n) is 2.72. The van der Waals surface area contributed by atoms with E-state index >= 15 is 0 Å². The van der Waals surface area contributed by atoms with Gasteiger partial charge in [0, 0.05) is 11.8 Å². The highest BCUT2D eigenvalue weighted by molar-refractivity contribution is 14.1. The predicted molar refractivity (Wildman–Crippen MR) is 75.2 cm³/mol. The molecule has 0 saturated heterocycles. The highest BCUT2D eigenvalue weighted by atomic mass is 127. The Bertz CT molecular complexity index is 419. The smallest absolute Gasteiger partial charge is 0.282 e. The minimum Gasteiger partial charge on any atom is -0.394 e. The molecule has 1 aromatic rings. The number of nitro groups is 1. The van der Waals surface area contributed by atoms with Crippen molar-refractivity contribution in [2.45, 2.75) is 25.8 Å². The molecule has 94 valence electrons. The lowest BCUT2D eigenvalue weighted by molar-refractivity contribution is -0.385. The van der Waals surface area contributed by atoms with E-state index in [0.717, 1.165) is 12.1 Å². The lowest BCUT2D eigenvalue weighted by Crippen LogP contribution is -2.37. The minimum atomic E-state index is -0.406. The van der Waals surface area contributed by atoms with Crippen LogP contribution < -0.4 is 5.32 Å². The van der Waals surface area contributed by atoms with E-state index in [2.05, 4.69) is 5.32 Å². The van der Waals surface area contributed by atoms with Gasteiger partial charge in [0.2, 0.25) is 0 Å². The fourth-order valence-corrected chi connectivity index (χ4v) is 2.03. The van der Waals surface area contributed by atoms with Gasteiger partial charge in [-0.25, -0.2) is 0 Å². The maximum atomic E-state index is 10.7. The molecule has 1 atom stereocenters. The zero-order valence-corrected chi connectivity index (χ0v) is 11.9. The number of anilines is 1. The van der Waals surface area contributed by atoms with Crippen molar-refractivity contribution >= 4 is 34.0 Å². The standard InChI is InChI=1S/C11H15IN2O3/c1-3-11(2,7-15)13-8-4-5-10(14(16)17)9(12)6-8/h4-6,13,15H,3,7H2,1-2H3. The number of nitrogens with one attached hydrogen (secondary N) is 1. The second-order valence-electron chi connectivity index (χ2n) is 4.12. The van der Waals surface area contributed by atoms with Crippen molar-refractivity contribution < 1.29 is 10.0 Å². The normalized spacial score (nSPS) is 14.1. The van der Waals surface area contributed by atoms with Gasteiger partial charge in [-0.1, -0.05) is 6.92 Å². The second-order valence-corrected chi connectivity index (χ2v) is 5.28. The van der Waals surface area contributed by atoms with E-state index < -0.39 is 10.5 Å². The third-order valence-corrected chi connectivity index (χ3v) is 3.58. The van der Waals surface area contributed by atoms with Gasteiger partial charge in [-0.05, 0) is 48.1 Å². The maximum Gasteiger partial charge on any atom is 0.282 e. The maximum absolute atomic E-state index is 10.7. The average Bonchev–Trinajstić information content (AvgIpc) is 2.28. The average molecular weight is 350 g/mol. The first-order chi connectivity index (χ1) is 7.91. The Balaban J connectivity index is 2.95. The zero-order chi connectivity index (χ0) is 13.1. The summed E-state index contributed by atoms with van der Waals surface area (Å²) < 4.78 is 0.578. The van der Waals surface area contributed by atoms with Crippen LogP contribution in [-0.4, -0.2) is 22.2 Å². The molecule has 6 heteroatoms. The zero-order valence-electron chi connectivity index (χ0n) is 9.74. The SMILES string of the molecule is CCC(C)(CO)Nc1ccc([N+](=O)[O-])c(I)c1. The van der Waals surface area contributed by atoms with E-state index in [1.807, 2.05) is 36.4 Å². The van der Waals surface area contributed by atoms with E-state index in [1.165, 1.54) is 6.07 Å². The highest BCUT2D eigenvalue weighted by Crippen LogP contribution is 2.26. The van der Waals surface area contributed by atoms with Gasteiger partial charge >= 0.3 is 0 Å². The molecule has 2 N–H and O–H groups in total. The van der Waals surface area contributed by atoms with Gasteiger partial charge in [0.05, 0.1) is 20.6 Å². The topological polar surface area (TPSA) is 75.4 Å². The summed E-state index contributed by atoms with van der Waals surface area (Å²) in [5.74, 6) is 0. The van der Waals surface area contributed by atoms with Gasteiger partial charge in [-0.3, -0.25) is 10.1 Å². The molecule has 0 heterocycles. The summed E-state index contributed by atoms with van der Waals surface area (Å²) in [4.78, 5) is 10.3. The molecule has 17 heavy (non-hydrogen) atoms. The number of nitro benzene ring substituents is 1. The van der Waals surface area contributed by atoms with Gasteiger partial charge in [0.25, 0.3) is 5.69 Å². The van der Waals surface area contributed by atoms with Gasteiger partial charge < -0.3 is 10.4 Å². The van der Waals surface area contributed by atoms with E-state index in [-0.39, 0.29) is 12.3 Å². The van der Waals surface area contributed by atoms with Crippen LogP contribution in [0.25, 0.3) is 0 Å². The van der Waals surface area contributed by atoms with Crippen LogP contribution in [0.15, 0.2) is 18.2 Å². The fraction of sp³-hybridized carbons (Fsp3) is 0.455. The number of rotatable bonds is 5. The third kappa shape index (κ3) is 3.53. The minimum absolute atomic E-state index is 0.0110. The number of nitrogens with zero attached hydrogens (tertiary/aromatic N) is 1. The lowest BCUT2D eigenvalue weighted by atomic mass is 10.00. The van der Waals surface area contributed by atoms with E-state index in [9.17, 15) is 15.2 Å². The van der Waals surface area contributed by atoms with Crippen LogP contribution in [0.1, 0.15) is 20.3 Å². The molecule has 1 rings (SSSR count). The summed E-state index contributed by atoms with van der Waals surface area (Å²) >= 11 is 1.93. The molecule has 0 aliphatic heterocycles. The van der Waals surface area contributed by atoms with Crippen LogP contribution in [0.2, 0.25) is 0 Å². The van der Waals surface area contributed by atoms with Crippen molar-refractivity contribution in [3.63, 3.8) is 0 Å². The first-order valence-electron chi connectivity index (χ1n) is 5.25. The molecule has 0 aromatic heterocycles. The van der Waals surface area contributed by atoms with Gasteiger partial charge in [0.1, 0.15) is 0 Å². The van der Waals surface area contributed by atoms with Crippen LogP contribution in [0.4, 0.5) is 11.4 Å². The molecule has 1 unspecified atom stereocenters. The number of halogens is 1. The largest absolute Gasteiger partial charge is 0.394 e. The Morgan fingerprint density at radius 3 is 2.65 bits per heavy atom. The Morgan fingerprint density at radius 2 is 2.24 bits per heavy atom. The highest BCUT2D eigenvalue weighted by Gasteiger charge is 2.21.